The van der Waals surface area contributed by atoms with E-state index in [2.05, 4.69) is 16.9 Å². The molecule has 1 unspecified atom stereocenters. The Morgan fingerprint density at radius 3 is 3.06 bits per heavy atom. The normalized spacial score (nSPS) is 25.4. The van der Waals surface area contributed by atoms with Crippen LogP contribution in [0.15, 0.2) is 18.2 Å². The number of hydrogen-bond acceptors (Lipinski definition) is 2. The summed E-state index contributed by atoms with van der Waals surface area (Å²) in [6, 6.07) is 5.87. The van der Waals surface area contributed by atoms with Crippen molar-refractivity contribution in [3.05, 3.63) is 29.0 Å². The van der Waals surface area contributed by atoms with Gasteiger partial charge in [0, 0.05) is 0 Å². The number of rotatable bonds is 1. The molecule has 2 heterocycles. The Hall–Kier alpha value is -0.670. The van der Waals surface area contributed by atoms with E-state index in [0.717, 1.165) is 21.9 Å². The van der Waals surface area contributed by atoms with E-state index >= 15 is 0 Å². The van der Waals surface area contributed by atoms with E-state index in [1.54, 1.807) is 0 Å². The van der Waals surface area contributed by atoms with Gasteiger partial charge in [-0.3, -0.25) is 0 Å². The molecule has 0 bridgehead atoms. The summed E-state index contributed by atoms with van der Waals surface area (Å²) in [5.74, 6) is 2.29. The minimum Gasteiger partial charge on any atom is -0.341 e. The van der Waals surface area contributed by atoms with Crippen LogP contribution >= 0.6 is 23.4 Å². The summed E-state index contributed by atoms with van der Waals surface area (Å²) in [5.41, 5.74) is 1.93. The number of imidazole rings is 1. The van der Waals surface area contributed by atoms with E-state index in [4.69, 9.17) is 11.6 Å². The number of nitrogens with one attached hydrogen (secondary N) is 1. The van der Waals surface area contributed by atoms with E-state index in [1.807, 2.05) is 30.0 Å². The van der Waals surface area contributed by atoms with E-state index in [0.29, 0.717) is 0 Å². The van der Waals surface area contributed by atoms with E-state index in [9.17, 15) is 0 Å². The first-order chi connectivity index (χ1) is 7.69. The Bertz CT molecular complexity index is 529. The number of benzene rings is 1. The molecule has 0 spiro atoms. The van der Waals surface area contributed by atoms with Crippen LogP contribution in [0.2, 0.25) is 5.02 Å². The minimum absolute atomic E-state index is 0.141. The molecule has 1 N–H and O–H groups in total. The first kappa shape index (κ1) is 10.5. The zero-order valence-corrected chi connectivity index (χ0v) is 10.7. The molecular formula is C12H13ClN2S. The molecule has 16 heavy (non-hydrogen) atoms. The van der Waals surface area contributed by atoms with E-state index in [1.165, 1.54) is 18.6 Å². The zero-order valence-electron chi connectivity index (χ0n) is 9.09. The third-order valence-electron chi connectivity index (χ3n) is 3.18. The number of H-pyrrole nitrogens is 1. The Morgan fingerprint density at radius 2 is 2.38 bits per heavy atom. The van der Waals surface area contributed by atoms with Gasteiger partial charge in [-0.2, -0.15) is 0 Å². The topological polar surface area (TPSA) is 28.7 Å². The van der Waals surface area contributed by atoms with Crippen LogP contribution in [-0.4, -0.2) is 15.7 Å². The average Bonchev–Trinajstić information content (AvgIpc) is 2.85. The van der Waals surface area contributed by atoms with Gasteiger partial charge in [0.05, 0.1) is 15.3 Å². The van der Waals surface area contributed by atoms with Crippen molar-refractivity contribution in [3.8, 4) is 0 Å². The van der Waals surface area contributed by atoms with Crippen LogP contribution in [0.4, 0.5) is 0 Å². The Labute approximate surface area is 104 Å². The van der Waals surface area contributed by atoms with Crippen LogP contribution < -0.4 is 0 Å². The quantitative estimate of drug-likeness (QED) is 0.832. The standard InChI is InChI=1S/C12H13ClN2S/c1-12(6-3-7-16-12)11-14-9-5-2-4-8(13)10(9)15-11/h2,4-5H,3,6-7H2,1H3,(H,14,15). The van der Waals surface area contributed by atoms with Gasteiger partial charge in [-0.15, -0.1) is 11.8 Å². The molecule has 1 aromatic heterocycles. The molecule has 4 heteroatoms. The zero-order chi connectivity index (χ0) is 11.2. The molecule has 1 aliphatic rings. The van der Waals surface area contributed by atoms with Gasteiger partial charge in [0.25, 0.3) is 0 Å². The van der Waals surface area contributed by atoms with Gasteiger partial charge in [0.2, 0.25) is 0 Å². The fraction of sp³-hybridized carbons (Fsp3) is 0.417. The number of thioether (sulfide) groups is 1. The predicted molar refractivity (Wildman–Crippen MR) is 70.1 cm³/mol. The van der Waals surface area contributed by atoms with Crippen LogP contribution in [0.1, 0.15) is 25.6 Å². The lowest BCUT2D eigenvalue weighted by atomic mass is 10.1. The van der Waals surface area contributed by atoms with Crippen molar-refractivity contribution in [2.45, 2.75) is 24.5 Å². The molecule has 1 saturated heterocycles. The fourth-order valence-corrected chi connectivity index (χ4v) is 3.69. The third kappa shape index (κ3) is 1.54. The fourth-order valence-electron chi connectivity index (χ4n) is 2.21. The van der Waals surface area contributed by atoms with Gasteiger partial charge in [-0.25, -0.2) is 4.98 Å². The Kier molecular flexibility index (Phi) is 2.41. The number of nitrogens with zero attached hydrogens (tertiary/aromatic N) is 1. The lowest BCUT2D eigenvalue weighted by molar-refractivity contribution is 0.614. The third-order valence-corrected chi connectivity index (χ3v) is 5.02. The maximum atomic E-state index is 6.13. The SMILES string of the molecule is CC1(c2nc3c(Cl)cccc3[nH]2)CCCS1. The molecule has 0 amide bonds. The highest BCUT2D eigenvalue weighted by molar-refractivity contribution is 8.00. The molecule has 1 aliphatic heterocycles. The summed E-state index contributed by atoms with van der Waals surface area (Å²) in [6.07, 6.45) is 2.46. The number of halogens is 1. The predicted octanol–water partition coefficient (Wildman–Crippen LogP) is 3.96. The number of aromatic nitrogens is 2. The molecule has 1 aromatic carbocycles. The van der Waals surface area contributed by atoms with Gasteiger partial charge in [0.1, 0.15) is 11.3 Å². The number of para-hydroxylation sites is 1. The van der Waals surface area contributed by atoms with Crippen LogP contribution in [0.3, 0.4) is 0 Å². The second-order valence-electron chi connectivity index (χ2n) is 4.40. The monoisotopic (exact) mass is 252 g/mol. The molecule has 0 aliphatic carbocycles. The summed E-state index contributed by atoms with van der Waals surface area (Å²) in [4.78, 5) is 8.06. The van der Waals surface area contributed by atoms with Gasteiger partial charge < -0.3 is 4.98 Å². The largest absolute Gasteiger partial charge is 0.341 e. The maximum absolute atomic E-state index is 6.13. The molecule has 0 radical (unpaired) electrons. The van der Waals surface area contributed by atoms with Crippen LogP contribution in [0, 0.1) is 0 Å². The number of aromatic amines is 1. The molecule has 84 valence electrons. The van der Waals surface area contributed by atoms with Crippen molar-refractivity contribution in [3.63, 3.8) is 0 Å². The number of fused-ring (bicyclic) bond motifs is 1. The lowest BCUT2D eigenvalue weighted by Crippen LogP contribution is -2.14. The second kappa shape index (κ2) is 3.67. The smallest absolute Gasteiger partial charge is 0.123 e. The van der Waals surface area contributed by atoms with Crippen molar-refractivity contribution in [2.24, 2.45) is 0 Å². The van der Waals surface area contributed by atoms with Crippen molar-refractivity contribution in [1.29, 1.82) is 0 Å². The molecule has 3 rings (SSSR count). The van der Waals surface area contributed by atoms with Crippen LogP contribution in [-0.2, 0) is 4.75 Å². The summed E-state index contributed by atoms with van der Waals surface area (Å²) >= 11 is 8.12. The van der Waals surface area contributed by atoms with Crippen molar-refractivity contribution >= 4 is 34.4 Å². The average molecular weight is 253 g/mol. The highest BCUT2D eigenvalue weighted by atomic mass is 35.5. The van der Waals surface area contributed by atoms with Crippen LogP contribution in [0.25, 0.3) is 11.0 Å². The van der Waals surface area contributed by atoms with Crippen molar-refractivity contribution < 1.29 is 0 Å². The Morgan fingerprint density at radius 1 is 1.50 bits per heavy atom. The first-order valence-electron chi connectivity index (χ1n) is 5.48. The van der Waals surface area contributed by atoms with Gasteiger partial charge in [0.15, 0.2) is 0 Å². The molecule has 0 saturated carbocycles. The molecule has 1 fully saturated rings. The summed E-state index contributed by atoms with van der Waals surface area (Å²) in [6.45, 7) is 2.26. The van der Waals surface area contributed by atoms with Crippen molar-refractivity contribution in [1.82, 2.24) is 9.97 Å². The second-order valence-corrected chi connectivity index (χ2v) is 6.41. The molecule has 2 nitrogen and oxygen atoms in total. The summed E-state index contributed by atoms with van der Waals surface area (Å²) in [5, 5.41) is 0.728. The molecule has 1 atom stereocenters. The highest BCUT2D eigenvalue weighted by Crippen LogP contribution is 2.45. The summed E-state index contributed by atoms with van der Waals surface area (Å²) < 4.78 is 0.141. The number of hydrogen-bond donors (Lipinski definition) is 1. The van der Waals surface area contributed by atoms with E-state index in [-0.39, 0.29) is 4.75 Å². The highest BCUT2D eigenvalue weighted by Gasteiger charge is 2.34. The summed E-state index contributed by atoms with van der Waals surface area (Å²) in [7, 11) is 0. The van der Waals surface area contributed by atoms with E-state index < -0.39 is 0 Å². The van der Waals surface area contributed by atoms with Gasteiger partial charge >= 0.3 is 0 Å². The van der Waals surface area contributed by atoms with Gasteiger partial charge in [-0.05, 0) is 37.7 Å². The molecular weight excluding hydrogens is 240 g/mol. The molecule has 2 aromatic rings. The van der Waals surface area contributed by atoms with Crippen LogP contribution in [0.5, 0.6) is 0 Å². The maximum Gasteiger partial charge on any atom is 0.123 e. The Balaban J connectivity index is 2.15. The first-order valence-corrected chi connectivity index (χ1v) is 6.84. The van der Waals surface area contributed by atoms with Gasteiger partial charge in [-0.1, -0.05) is 17.7 Å². The van der Waals surface area contributed by atoms with Crippen molar-refractivity contribution in [2.75, 3.05) is 5.75 Å². The minimum atomic E-state index is 0.141. The lowest BCUT2D eigenvalue weighted by Gasteiger charge is -2.18.